The second-order valence-corrected chi connectivity index (χ2v) is 7.85. The molecule has 0 unspecified atom stereocenters. The molecule has 1 aromatic heterocycles. The summed E-state index contributed by atoms with van der Waals surface area (Å²) in [5.41, 5.74) is 2.75. The molecule has 1 N–H and O–H groups in total. The number of tetrazole rings is 1. The van der Waals surface area contributed by atoms with Crippen molar-refractivity contribution in [3.05, 3.63) is 59.1 Å². The molecule has 1 aliphatic carbocycles. The van der Waals surface area contributed by atoms with Crippen LogP contribution >= 0.6 is 23.4 Å². The third-order valence-electron chi connectivity index (χ3n) is 4.18. The Morgan fingerprint density at radius 3 is 2.89 bits per heavy atom. The molecular weight excluding hydrogens is 382 g/mol. The molecule has 4 rings (SSSR count). The number of benzene rings is 2. The Labute approximate surface area is 166 Å². The van der Waals surface area contributed by atoms with Crippen molar-refractivity contribution in [2.45, 2.75) is 24.6 Å². The summed E-state index contributed by atoms with van der Waals surface area (Å²) in [5, 5.41) is 15.7. The van der Waals surface area contributed by atoms with Gasteiger partial charge in [0.15, 0.2) is 5.82 Å². The smallest absolute Gasteiger partial charge is 0.234 e. The van der Waals surface area contributed by atoms with Crippen molar-refractivity contribution in [1.82, 2.24) is 20.2 Å². The van der Waals surface area contributed by atoms with Crippen molar-refractivity contribution in [3.8, 4) is 11.4 Å². The van der Waals surface area contributed by atoms with E-state index in [9.17, 15) is 4.79 Å². The molecule has 1 saturated carbocycles. The van der Waals surface area contributed by atoms with Gasteiger partial charge in [-0.3, -0.25) is 4.79 Å². The average Bonchev–Trinajstić information content (AvgIpc) is 3.38. The SMILES string of the molecule is O=C(CSCc1cccc(Cl)c1)Nc1cccc(-c2nnnn2C2CC2)c1. The van der Waals surface area contributed by atoms with Crippen LogP contribution in [0.25, 0.3) is 11.4 Å². The van der Waals surface area contributed by atoms with Crippen LogP contribution in [0.15, 0.2) is 48.5 Å². The Morgan fingerprint density at radius 2 is 2.07 bits per heavy atom. The van der Waals surface area contributed by atoms with Gasteiger partial charge < -0.3 is 5.32 Å². The first kappa shape index (κ1) is 18.0. The monoisotopic (exact) mass is 399 g/mol. The van der Waals surface area contributed by atoms with Crippen LogP contribution in [-0.4, -0.2) is 31.9 Å². The average molecular weight is 400 g/mol. The summed E-state index contributed by atoms with van der Waals surface area (Å²) < 4.78 is 1.86. The number of halogens is 1. The third-order valence-corrected chi connectivity index (χ3v) is 5.42. The number of carbonyl (C=O) groups is 1. The molecular formula is C19H18ClN5OS. The molecule has 0 spiro atoms. The van der Waals surface area contributed by atoms with E-state index in [1.165, 1.54) is 0 Å². The van der Waals surface area contributed by atoms with Crippen LogP contribution in [0.3, 0.4) is 0 Å². The van der Waals surface area contributed by atoms with E-state index in [0.29, 0.717) is 16.8 Å². The van der Waals surface area contributed by atoms with Gasteiger partial charge in [0.25, 0.3) is 0 Å². The maximum Gasteiger partial charge on any atom is 0.234 e. The van der Waals surface area contributed by atoms with Crippen molar-refractivity contribution >= 4 is 35.0 Å². The summed E-state index contributed by atoms with van der Waals surface area (Å²) in [7, 11) is 0. The first-order valence-corrected chi connectivity index (χ1v) is 10.2. The minimum absolute atomic E-state index is 0.0408. The summed E-state index contributed by atoms with van der Waals surface area (Å²) in [5.74, 6) is 1.81. The molecule has 0 bridgehead atoms. The van der Waals surface area contributed by atoms with Crippen LogP contribution in [0, 0.1) is 0 Å². The molecule has 0 saturated heterocycles. The van der Waals surface area contributed by atoms with E-state index in [1.54, 1.807) is 11.8 Å². The second kappa shape index (κ2) is 8.10. The van der Waals surface area contributed by atoms with Gasteiger partial charge in [-0.1, -0.05) is 35.9 Å². The molecule has 138 valence electrons. The minimum atomic E-state index is -0.0408. The van der Waals surface area contributed by atoms with Crippen molar-refractivity contribution in [2.24, 2.45) is 0 Å². The Hall–Kier alpha value is -2.38. The number of carbonyl (C=O) groups excluding carboxylic acids is 1. The molecule has 3 aromatic rings. The van der Waals surface area contributed by atoms with Crippen molar-refractivity contribution in [2.75, 3.05) is 11.1 Å². The van der Waals surface area contributed by atoms with Crippen LogP contribution in [0.2, 0.25) is 5.02 Å². The maximum atomic E-state index is 12.2. The lowest BCUT2D eigenvalue weighted by molar-refractivity contribution is -0.113. The van der Waals surface area contributed by atoms with Crippen molar-refractivity contribution in [3.63, 3.8) is 0 Å². The first-order valence-electron chi connectivity index (χ1n) is 8.69. The summed E-state index contributed by atoms with van der Waals surface area (Å²) in [6.07, 6.45) is 2.22. The van der Waals surface area contributed by atoms with Crippen LogP contribution in [-0.2, 0) is 10.5 Å². The Morgan fingerprint density at radius 1 is 1.22 bits per heavy atom. The number of nitrogens with one attached hydrogen (secondary N) is 1. The number of aromatic nitrogens is 4. The number of nitrogens with zero attached hydrogens (tertiary/aromatic N) is 4. The molecule has 0 radical (unpaired) electrons. The highest BCUT2D eigenvalue weighted by molar-refractivity contribution is 7.99. The molecule has 8 heteroatoms. The van der Waals surface area contributed by atoms with Gasteiger partial charge in [-0.25, -0.2) is 4.68 Å². The molecule has 1 heterocycles. The lowest BCUT2D eigenvalue weighted by Crippen LogP contribution is -2.14. The molecule has 2 aromatic carbocycles. The minimum Gasteiger partial charge on any atom is -0.325 e. The van der Waals surface area contributed by atoms with Crippen LogP contribution < -0.4 is 5.32 Å². The maximum absolute atomic E-state index is 12.2. The van der Waals surface area contributed by atoms with E-state index in [2.05, 4.69) is 20.8 Å². The standard InChI is InChI=1S/C19H18ClN5OS/c20-15-5-1-3-13(9-15)11-27-12-18(26)21-16-6-2-4-14(10-16)19-22-23-24-25(19)17-7-8-17/h1-6,9-10,17H,7-8,11-12H2,(H,21,26). The highest BCUT2D eigenvalue weighted by atomic mass is 35.5. The summed E-state index contributed by atoms with van der Waals surface area (Å²) >= 11 is 7.53. The Bertz CT molecular complexity index is 957. The van der Waals surface area contributed by atoms with Gasteiger partial charge in [-0.05, 0) is 53.1 Å². The van der Waals surface area contributed by atoms with Gasteiger partial charge >= 0.3 is 0 Å². The Kier molecular flexibility index (Phi) is 5.40. The van der Waals surface area contributed by atoms with Crippen LogP contribution in [0.1, 0.15) is 24.4 Å². The molecule has 1 fully saturated rings. The fraction of sp³-hybridized carbons (Fsp3) is 0.263. The highest BCUT2D eigenvalue weighted by Crippen LogP contribution is 2.36. The predicted molar refractivity (Wildman–Crippen MR) is 108 cm³/mol. The fourth-order valence-electron chi connectivity index (χ4n) is 2.77. The van der Waals surface area contributed by atoms with Crippen molar-refractivity contribution in [1.29, 1.82) is 0 Å². The van der Waals surface area contributed by atoms with E-state index in [0.717, 1.165) is 41.2 Å². The van der Waals surface area contributed by atoms with Gasteiger partial charge in [0.1, 0.15) is 0 Å². The zero-order valence-electron chi connectivity index (χ0n) is 14.5. The first-order chi connectivity index (χ1) is 13.2. The van der Waals surface area contributed by atoms with E-state index in [-0.39, 0.29) is 5.91 Å². The van der Waals surface area contributed by atoms with Gasteiger partial charge in [-0.2, -0.15) is 0 Å². The summed E-state index contributed by atoms with van der Waals surface area (Å²) in [4.78, 5) is 12.2. The van der Waals surface area contributed by atoms with Crippen LogP contribution in [0.5, 0.6) is 0 Å². The molecule has 1 amide bonds. The number of hydrogen-bond donors (Lipinski definition) is 1. The largest absolute Gasteiger partial charge is 0.325 e. The zero-order valence-corrected chi connectivity index (χ0v) is 16.1. The van der Waals surface area contributed by atoms with E-state index in [4.69, 9.17) is 11.6 Å². The quantitative estimate of drug-likeness (QED) is 0.644. The van der Waals surface area contributed by atoms with Gasteiger partial charge in [0.2, 0.25) is 5.91 Å². The summed E-state index contributed by atoms with van der Waals surface area (Å²) in [6.45, 7) is 0. The van der Waals surface area contributed by atoms with Crippen LogP contribution in [0.4, 0.5) is 5.69 Å². The Balaban J connectivity index is 1.35. The number of rotatable bonds is 7. The topological polar surface area (TPSA) is 72.7 Å². The fourth-order valence-corrected chi connectivity index (χ4v) is 3.76. The molecule has 6 nitrogen and oxygen atoms in total. The zero-order chi connectivity index (χ0) is 18.6. The van der Waals surface area contributed by atoms with Gasteiger partial charge in [-0.15, -0.1) is 16.9 Å². The predicted octanol–water partition coefficient (Wildman–Crippen LogP) is 4.20. The molecule has 1 aliphatic rings. The summed E-state index contributed by atoms with van der Waals surface area (Å²) in [6, 6.07) is 15.7. The van der Waals surface area contributed by atoms with E-state index >= 15 is 0 Å². The molecule has 27 heavy (non-hydrogen) atoms. The van der Waals surface area contributed by atoms with Gasteiger partial charge in [0, 0.05) is 22.0 Å². The third kappa shape index (κ3) is 4.67. The van der Waals surface area contributed by atoms with Crippen molar-refractivity contribution < 1.29 is 4.79 Å². The molecule has 0 atom stereocenters. The lowest BCUT2D eigenvalue weighted by Gasteiger charge is -2.08. The van der Waals surface area contributed by atoms with E-state index in [1.807, 2.05) is 53.2 Å². The number of thioether (sulfide) groups is 1. The number of amides is 1. The number of hydrogen-bond acceptors (Lipinski definition) is 5. The second-order valence-electron chi connectivity index (χ2n) is 6.43. The van der Waals surface area contributed by atoms with E-state index < -0.39 is 0 Å². The highest BCUT2D eigenvalue weighted by Gasteiger charge is 2.28. The normalized spacial score (nSPS) is 13.5. The van der Waals surface area contributed by atoms with Gasteiger partial charge in [0.05, 0.1) is 11.8 Å². The number of anilines is 1. The molecule has 0 aliphatic heterocycles. The lowest BCUT2D eigenvalue weighted by atomic mass is 10.2.